The van der Waals surface area contributed by atoms with E-state index in [-0.39, 0.29) is 0 Å². The molecule has 0 saturated heterocycles. The van der Waals surface area contributed by atoms with Crippen LogP contribution >= 0.6 is 0 Å². The highest BCUT2D eigenvalue weighted by Crippen LogP contribution is 2.33. The van der Waals surface area contributed by atoms with Gasteiger partial charge in [0.2, 0.25) is 0 Å². The van der Waals surface area contributed by atoms with E-state index in [4.69, 9.17) is 4.74 Å². The monoisotopic (exact) mass is 637 g/mol. The summed E-state index contributed by atoms with van der Waals surface area (Å²) in [7, 11) is 1.70. The Bertz CT molecular complexity index is 1970. The molecule has 2 heteroatoms. The Hall–Kier alpha value is -5.86. The van der Waals surface area contributed by atoms with Gasteiger partial charge in [-0.25, -0.2) is 0 Å². The molecule has 0 unspecified atom stereocenters. The Morgan fingerprint density at radius 2 is 0.816 bits per heavy atom. The topological polar surface area (TPSA) is 12.5 Å². The van der Waals surface area contributed by atoms with E-state index < -0.39 is 0 Å². The van der Waals surface area contributed by atoms with Crippen LogP contribution in [-0.2, 0) is 0 Å². The van der Waals surface area contributed by atoms with Crippen molar-refractivity contribution in [3.63, 3.8) is 0 Å². The zero-order valence-corrected chi connectivity index (χ0v) is 29.0. The van der Waals surface area contributed by atoms with Gasteiger partial charge >= 0.3 is 0 Å². The first-order valence-electron chi connectivity index (χ1n) is 16.8. The van der Waals surface area contributed by atoms with Crippen LogP contribution in [0.4, 0.5) is 11.4 Å². The van der Waals surface area contributed by atoms with Crippen LogP contribution in [0.2, 0.25) is 0 Å². The number of hydrogen-bond acceptors (Lipinski definition) is 2. The van der Waals surface area contributed by atoms with Crippen LogP contribution < -0.4 is 9.64 Å². The fraction of sp³-hybridized carbons (Fsp3) is 0.106. The van der Waals surface area contributed by atoms with Gasteiger partial charge < -0.3 is 9.64 Å². The number of allylic oxidation sites excluding steroid dienone is 2. The lowest BCUT2D eigenvalue weighted by Crippen LogP contribution is -2.10. The van der Waals surface area contributed by atoms with Crippen molar-refractivity contribution in [2.24, 2.45) is 0 Å². The highest BCUT2D eigenvalue weighted by Gasteiger charge is 2.13. The van der Waals surface area contributed by atoms with Crippen LogP contribution in [0.25, 0.3) is 17.2 Å². The minimum atomic E-state index is 0.828. The van der Waals surface area contributed by atoms with Crippen LogP contribution in [0.15, 0.2) is 164 Å². The van der Waals surface area contributed by atoms with Crippen molar-refractivity contribution >= 4 is 28.6 Å². The molecular formula is C47H43NO. The highest BCUT2D eigenvalue weighted by molar-refractivity contribution is 5.85. The smallest absolute Gasteiger partial charge is 0.119 e. The van der Waals surface area contributed by atoms with Crippen LogP contribution in [0, 0.1) is 27.7 Å². The minimum absolute atomic E-state index is 0.828. The Kier molecular flexibility index (Phi) is 10.4. The van der Waals surface area contributed by atoms with Gasteiger partial charge in [0.15, 0.2) is 0 Å². The molecule has 0 fully saturated rings. The third kappa shape index (κ3) is 8.36. The fourth-order valence-corrected chi connectivity index (χ4v) is 5.78. The lowest BCUT2D eigenvalue weighted by molar-refractivity contribution is 0.415. The second-order valence-electron chi connectivity index (χ2n) is 12.6. The molecule has 0 aliphatic carbocycles. The lowest BCUT2D eigenvalue weighted by Gasteiger charge is -2.24. The summed E-state index contributed by atoms with van der Waals surface area (Å²) < 4.78 is 5.49. The molecule has 49 heavy (non-hydrogen) atoms. The number of rotatable bonds is 10. The highest BCUT2D eigenvalue weighted by atomic mass is 16.5. The number of nitrogens with zero attached hydrogens (tertiary/aromatic N) is 1. The van der Waals surface area contributed by atoms with E-state index in [0.29, 0.717) is 0 Å². The first kappa shape index (κ1) is 33.1. The molecule has 0 atom stereocenters. The van der Waals surface area contributed by atoms with Gasteiger partial charge in [0.05, 0.1) is 7.11 Å². The van der Waals surface area contributed by atoms with Crippen LogP contribution in [0.5, 0.6) is 5.75 Å². The number of aryl methyl sites for hydroxylation is 4. The molecule has 6 rings (SSSR count). The third-order valence-corrected chi connectivity index (χ3v) is 8.78. The van der Waals surface area contributed by atoms with E-state index in [0.717, 1.165) is 39.4 Å². The molecule has 0 heterocycles. The molecule has 6 aromatic carbocycles. The van der Waals surface area contributed by atoms with Gasteiger partial charge in [0, 0.05) is 23.1 Å². The number of benzene rings is 6. The molecule has 0 radical (unpaired) electrons. The normalized spacial score (nSPS) is 10.9. The second kappa shape index (κ2) is 15.4. The average Bonchev–Trinajstić information content (AvgIpc) is 3.13. The Morgan fingerprint density at radius 3 is 1.20 bits per heavy atom. The SMILES string of the molecule is COc1ccc(N(C=C(c2ccc(C)cc2)c2ccc(C)cc2)c2ccc(/C=C/C=C(c3ccc(C)cc3)c3ccc(C)cc3)cc2)cc1. The van der Waals surface area contributed by atoms with Gasteiger partial charge in [0.25, 0.3) is 0 Å². The van der Waals surface area contributed by atoms with Crippen molar-refractivity contribution < 1.29 is 4.74 Å². The summed E-state index contributed by atoms with van der Waals surface area (Å²) in [6, 6.07) is 52.0. The van der Waals surface area contributed by atoms with Crippen molar-refractivity contribution in [1.82, 2.24) is 0 Å². The maximum Gasteiger partial charge on any atom is 0.119 e. The molecule has 0 N–H and O–H groups in total. The van der Waals surface area contributed by atoms with E-state index in [2.05, 4.69) is 190 Å². The zero-order valence-electron chi connectivity index (χ0n) is 29.0. The molecule has 2 nitrogen and oxygen atoms in total. The fourth-order valence-electron chi connectivity index (χ4n) is 5.78. The number of ether oxygens (including phenoxy) is 1. The van der Waals surface area contributed by atoms with Gasteiger partial charge in [-0.3, -0.25) is 0 Å². The molecule has 0 aromatic heterocycles. The summed E-state index contributed by atoms with van der Waals surface area (Å²) in [6.07, 6.45) is 8.78. The molecule has 6 aromatic rings. The average molecular weight is 638 g/mol. The summed E-state index contributed by atoms with van der Waals surface area (Å²) >= 11 is 0. The molecule has 0 aliphatic rings. The maximum atomic E-state index is 5.49. The van der Waals surface area contributed by atoms with Crippen LogP contribution in [0.1, 0.15) is 50.1 Å². The largest absolute Gasteiger partial charge is 0.497 e. The predicted molar refractivity (Wildman–Crippen MR) is 209 cm³/mol. The first-order valence-corrected chi connectivity index (χ1v) is 16.8. The van der Waals surface area contributed by atoms with Crippen molar-refractivity contribution in [2.45, 2.75) is 27.7 Å². The standard InChI is InChI=1S/C47H43NO/c1-34-9-19-39(20-10-34)46(40-21-11-35(2)12-22-40)8-6-7-38-17-27-43(28-18-38)48(44-29-31-45(49-5)32-30-44)33-47(41-23-13-36(3)14-24-41)42-25-15-37(4)16-26-42/h6-33H,1-5H3/b7-6+. The molecule has 0 amide bonds. The lowest BCUT2D eigenvalue weighted by atomic mass is 9.96. The zero-order chi connectivity index (χ0) is 34.2. The molecule has 0 spiro atoms. The second-order valence-corrected chi connectivity index (χ2v) is 12.6. The van der Waals surface area contributed by atoms with E-state index >= 15 is 0 Å². The summed E-state index contributed by atoms with van der Waals surface area (Å²) in [6.45, 7) is 8.50. The van der Waals surface area contributed by atoms with Gasteiger partial charge in [0.1, 0.15) is 5.75 Å². The molecular weight excluding hydrogens is 595 g/mol. The van der Waals surface area contributed by atoms with E-state index in [1.807, 2.05) is 12.1 Å². The van der Waals surface area contributed by atoms with Crippen LogP contribution in [0.3, 0.4) is 0 Å². The Labute approximate surface area is 292 Å². The Morgan fingerprint density at radius 1 is 0.449 bits per heavy atom. The Balaban J connectivity index is 1.37. The quantitative estimate of drug-likeness (QED) is 0.139. The molecule has 0 bridgehead atoms. The summed E-state index contributed by atoms with van der Waals surface area (Å²) in [5.41, 5.74) is 15.3. The number of anilines is 2. The third-order valence-electron chi connectivity index (χ3n) is 8.78. The van der Waals surface area contributed by atoms with Gasteiger partial charge in [-0.2, -0.15) is 0 Å². The van der Waals surface area contributed by atoms with Crippen molar-refractivity contribution in [3.8, 4) is 5.75 Å². The summed E-state index contributed by atoms with van der Waals surface area (Å²) in [5.74, 6) is 0.828. The van der Waals surface area contributed by atoms with Gasteiger partial charge in [-0.1, -0.05) is 150 Å². The van der Waals surface area contributed by atoms with Crippen LogP contribution in [-0.4, -0.2) is 7.11 Å². The minimum Gasteiger partial charge on any atom is -0.497 e. The van der Waals surface area contributed by atoms with E-state index in [9.17, 15) is 0 Å². The van der Waals surface area contributed by atoms with Crippen molar-refractivity contribution in [1.29, 1.82) is 0 Å². The number of methoxy groups -OCH3 is 1. The van der Waals surface area contributed by atoms with Crippen molar-refractivity contribution in [2.75, 3.05) is 12.0 Å². The van der Waals surface area contributed by atoms with Gasteiger partial charge in [-0.05, 0) is 97.5 Å². The summed E-state index contributed by atoms with van der Waals surface area (Å²) in [4.78, 5) is 2.26. The van der Waals surface area contributed by atoms with E-state index in [1.54, 1.807) is 7.11 Å². The summed E-state index contributed by atoms with van der Waals surface area (Å²) in [5, 5.41) is 0. The first-order chi connectivity index (χ1) is 23.9. The maximum absolute atomic E-state index is 5.49. The number of hydrogen-bond donors (Lipinski definition) is 0. The molecule has 0 aliphatic heterocycles. The molecule has 0 saturated carbocycles. The molecule has 242 valence electrons. The van der Waals surface area contributed by atoms with E-state index in [1.165, 1.54) is 39.0 Å². The van der Waals surface area contributed by atoms with Gasteiger partial charge in [-0.15, -0.1) is 0 Å². The van der Waals surface area contributed by atoms with Crippen molar-refractivity contribution in [3.05, 3.63) is 214 Å². The predicted octanol–water partition coefficient (Wildman–Crippen LogP) is 12.3.